The maximum Gasteiger partial charge on any atom is 0.314 e. The lowest BCUT2D eigenvalue weighted by atomic mass is 10.1. The third kappa shape index (κ3) is 4.91. The second-order valence-electron chi connectivity index (χ2n) is 6.53. The summed E-state index contributed by atoms with van der Waals surface area (Å²) < 4.78 is 5.46. The number of hydrogen-bond acceptors (Lipinski definition) is 7. The lowest BCUT2D eigenvalue weighted by Gasteiger charge is -2.33. The highest BCUT2D eigenvalue weighted by molar-refractivity contribution is 7.97. The minimum atomic E-state index is -0.115. The highest BCUT2D eigenvalue weighted by Crippen LogP contribution is 2.23. The number of carbonyl (C=O) groups is 1. The van der Waals surface area contributed by atoms with Crippen LogP contribution < -0.4 is 20.4 Å². The number of thioether (sulfide) groups is 1. The van der Waals surface area contributed by atoms with Crippen molar-refractivity contribution in [2.24, 2.45) is 0 Å². The van der Waals surface area contributed by atoms with E-state index in [1.807, 2.05) is 0 Å². The quantitative estimate of drug-likeness (QED) is 0.791. The number of urea groups is 1. The van der Waals surface area contributed by atoms with E-state index in [0.717, 1.165) is 75.4 Å². The summed E-state index contributed by atoms with van der Waals surface area (Å²) in [7, 11) is 1.64. The molecule has 0 aromatic carbocycles. The van der Waals surface area contributed by atoms with Gasteiger partial charge in [0.25, 0.3) is 0 Å². The summed E-state index contributed by atoms with van der Waals surface area (Å²) in [5, 5.41) is 5.61. The van der Waals surface area contributed by atoms with Gasteiger partial charge in [0.1, 0.15) is 5.82 Å². The molecule has 2 aliphatic rings. The van der Waals surface area contributed by atoms with E-state index in [9.17, 15) is 4.79 Å². The SMILES string of the molecule is CNC(=O)NC1CCN(c2nc(CSC)cc(N3CCOCC3)n2)CC1. The summed E-state index contributed by atoms with van der Waals surface area (Å²) in [5.74, 6) is 2.67. The molecule has 2 saturated heterocycles. The van der Waals surface area contributed by atoms with E-state index in [1.54, 1.807) is 18.8 Å². The van der Waals surface area contributed by atoms with E-state index >= 15 is 0 Å². The maximum absolute atomic E-state index is 11.5. The molecule has 0 saturated carbocycles. The van der Waals surface area contributed by atoms with Crippen LogP contribution in [-0.2, 0) is 10.5 Å². The van der Waals surface area contributed by atoms with E-state index in [4.69, 9.17) is 14.7 Å². The molecule has 1 aromatic rings. The van der Waals surface area contributed by atoms with Crippen LogP contribution >= 0.6 is 11.8 Å². The molecule has 3 heterocycles. The van der Waals surface area contributed by atoms with Gasteiger partial charge < -0.3 is 25.2 Å². The van der Waals surface area contributed by atoms with Crippen molar-refractivity contribution in [1.82, 2.24) is 20.6 Å². The van der Waals surface area contributed by atoms with Crippen molar-refractivity contribution in [3.05, 3.63) is 11.8 Å². The molecule has 9 heteroatoms. The van der Waals surface area contributed by atoms with Crippen molar-refractivity contribution >= 4 is 29.6 Å². The smallest absolute Gasteiger partial charge is 0.314 e. The maximum atomic E-state index is 11.5. The van der Waals surface area contributed by atoms with E-state index in [2.05, 4.69) is 32.8 Å². The lowest BCUT2D eigenvalue weighted by Crippen LogP contribution is -2.47. The Labute approximate surface area is 159 Å². The van der Waals surface area contributed by atoms with Crippen LogP contribution in [0.4, 0.5) is 16.6 Å². The molecule has 2 aliphatic heterocycles. The van der Waals surface area contributed by atoms with Gasteiger partial charge in [-0.25, -0.2) is 9.78 Å². The molecular formula is C17H28N6O2S. The van der Waals surface area contributed by atoms with Gasteiger partial charge >= 0.3 is 6.03 Å². The van der Waals surface area contributed by atoms with Gasteiger partial charge in [-0.05, 0) is 19.1 Å². The standard InChI is InChI=1S/C17H28N6O2S/c1-18-17(24)20-13-3-5-23(6-4-13)16-19-14(12-26-2)11-15(21-16)22-7-9-25-10-8-22/h11,13H,3-10,12H2,1-2H3,(H2,18,20,24). The molecule has 2 amide bonds. The molecule has 0 aliphatic carbocycles. The number of nitrogens with zero attached hydrogens (tertiary/aromatic N) is 4. The van der Waals surface area contributed by atoms with Gasteiger partial charge in [-0.1, -0.05) is 0 Å². The second kappa shape index (κ2) is 9.27. The van der Waals surface area contributed by atoms with Crippen molar-refractivity contribution < 1.29 is 9.53 Å². The summed E-state index contributed by atoms with van der Waals surface area (Å²) >= 11 is 1.77. The number of hydrogen-bond donors (Lipinski definition) is 2. The number of aromatic nitrogens is 2. The predicted molar refractivity (Wildman–Crippen MR) is 105 cm³/mol. The number of rotatable bonds is 5. The minimum Gasteiger partial charge on any atom is -0.378 e. The molecular weight excluding hydrogens is 352 g/mol. The van der Waals surface area contributed by atoms with E-state index in [-0.39, 0.29) is 12.1 Å². The highest BCUT2D eigenvalue weighted by atomic mass is 32.2. The zero-order valence-electron chi connectivity index (χ0n) is 15.5. The van der Waals surface area contributed by atoms with Crippen LogP contribution in [0.15, 0.2) is 6.07 Å². The lowest BCUT2D eigenvalue weighted by molar-refractivity contribution is 0.122. The fraction of sp³-hybridized carbons (Fsp3) is 0.706. The zero-order chi connectivity index (χ0) is 18.4. The summed E-state index contributed by atoms with van der Waals surface area (Å²) in [6, 6.07) is 2.20. The first-order valence-electron chi connectivity index (χ1n) is 9.12. The highest BCUT2D eigenvalue weighted by Gasteiger charge is 2.23. The van der Waals surface area contributed by atoms with Crippen LogP contribution in [-0.4, -0.2) is 74.7 Å². The van der Waals surface area contributed by atoms with E-state index < -0.39 is 0 Å². The van der Waals surface area contributed by atoms with Crippen molar-refractivity contribution in [1.29, 1.82) is 0 Å². The average Bonchev–Trinajstić information content (AvgIpc) is 2.69. The Balaban J connectivity index is 1.70. The molecule has 26 heavy (non-hydrogen) atoms. The topological polar surface area (TPSA) is 82.6 Å². The molecule has 0 spiro atoms. The van der Waals surface area contributed by atoms with Gasteiger partial charge in [0.05, 0.1) is 18.9 Å². The Morgan fingerprint density at radius 3 is 2.62 bits per heavy atom. The number of morpholine rings is 1. The number of ether oxygens (including phenoxy) is 1. The number of amides is 2. The predicted octanol–water partition coefficient (Wildman–Crippen LogP) is 1.07. The molecule has 3 rings (SSSR count). The van der Waals surface area contributed by atoms with Crippen LogP contribution in [0.5, 0.6) is 0 Å². The van der Waals surface area contributed by atoms with Crippen molar-refractivity contribution in [3.8, 4) is 0 Å². The Morgan fingerprint density at radius 1 is 1.23 bits per heavy atom. The van der Waals surface area contributed by atoms with Gasteiger partial charge in [0.15, 0.2) is 0 Å². The molecule has 2 N–H and O–H groups in total. The summed E-state index contributed by atoms with van der Waals surface area (Å²) in [5.41, 5.74) is 1.06. The monoisotopic (exact) mass is 380 g/mol. The van der Waals surface area contributed by atoms with Crippen LogP contribution in [0.2, 0.25) is 0 Å². The molecule has 1 aromatic heterocycles. The molecule has 144 valence electrons. The van der Waals surface area contributed by atoms with Gasteiger partial charge in [0, 0.05) is 51.1 Å². The molecule has 0 radical (unpaired) electrons. The normalized spacial score (nSPS) is 18.7. The van der Waals surface area contributed by atoms with Crippen molar-refractivity contribution in [3.63, 3.8) is 0 Å². The second-order valence-corrected chi connectivity index (χ2v) is 7.40. The first-order chi connectivity index (χ1) is 12.7. The molecule has 0 bridgehead atoms. The first kappa shape index (κ1) is 19.0. The van der Waals surface area contributed by atoms with Gasteiger partial charge in [-0.15, -0.1) is 0 Å². The number of piperidine rings is 1. The fourth-order valence-electron chi connectivity index (χ4n) is 3.27. The molecule has 0 atom stereocenters. The van der Waals surface area contributed by atoms with Gasteiger partial charge in [0.2, 0.25) is 5.95 Å². The summed E-state index contributed by atoms with van der Waals surface area (Å²) in [6.07, 6.45) is 3.89. The number of nitrogens with one attached hydrogen (secondary N) is 2. The minimum absolute atomic E-state index is 0.115. The Kier molecular flexibility index (Phi) is 6.79. The van der Waals surface area contributed by atoms with Crippen molar-refractivity contribution in [2.75, 3.05) is 62.5 Å². The zero-order valence-corrected chi connectivity index (χ0v) is 16.3. The largest absolute Gasteiger partial charge is 0.378 e. The van der Waals surface area contributed by atoms with E-state index in [1.165, 1.54) is 0 Å². The van der Waals surface area contributed by atoms with Crippen LogP contribution in [0, 0.1) is 0 Å². The van der Waals surface area contributed by atoms with Crippen LogP contribution in [0.3, 0.4) is 0 Å². The Morgan fingerprint density at radius 2 is 1.96 bits per heavy atom. The van der Waals surface area contributed by atoms with Crippen molar-refractivity contribution in [2.45, 2.75) is 24.6 Å². The summed E-state index contributed by atoms with van der Waals surface area (Å²) in [6.45, 7) is 4.92. The fourth-order valence-corrected chi connectivity index (χ4v) is 3.71. The molecule has 0 unspecified atom stereocenters. The third-order valence-corrected chi connectivity index (χ3v) is 5.31. The third-order valence-electron chi connectivity index (χ3n) is 4.72. The number of carbonyl (C=O) groups excluding carboxylic acids is 1. The Hall–Kier alpha value is -1.74. The first-order valence-corrected chi connectivity index (χ1v) is 10.5. The number of anilines is 2. The van der Waals surface area contributed by atoms with Crippen LogP contribution in [0.25, 0.3) is 0 Å². The van der Waals surface area contributed by atoms with Gasteiger partial charge in [-0.2, -0.15) is 16.7 Å². The van der Waals surface area contributed by atoms with E-state index in [0.29, 0.717) is 0 Å². The molecule has 2 fully saturated rings. The van der Waals surface area contributed by atoms with Crippen LogP contribution in [0.1, 0.15) is 18.5 Å². The Bertz CT molecular complexity index is 603. The van der Waals surface area contributed by atoms with Gasteiger partial charge in [-0.3, -0.25) is 0 Å². The summed E-state index contributed by atoms with van der Waals surface area (Å²) in [4.78, 5) is 25.6. The average molecular weight is 381 g/mol. The molecule has 8 nitrogen and oxygen atoms in total.